The fraction of sp³-hybridized carbons (Fsp3) is 0.364. The van der Waals surface area contributed by atoms with Gasteiger partial charge in [0.1, 0.15) is 17.2 Å². The van der Waals surface area contributed by atoms with Crippen molar-refractivity contribution in [2.24, 2.45) is 0 Å². The molecule has 0 aliphatic rings. The van der Waals surface area contributed by atoms with Gasteiger partial charge in [-0.3, -0.25) is 0 Å². The highest BCUT2D eigenvalue weighted by Crippen LogP contribution is 2.39. The van der Waals surface area contributed by atoms with E-state index < -0.39 is 0 Å². The first-order valence-corrected chi connectivity index (χ1v) is 9.73. The lowest BCUT2D eigenvalue weighted by Gasteiger charge is -2.19. The van der Waals surface area contributed by atoms with Gasteiger partial charge in [-0.05, 0) is 41.8 Å². The third kappa shape index (κ3) is 4.89. The molecule has 0 saturated carbocycles. The number of hydrogen-bond donors (Lipinski definition) is 1. The van der Waals surface area contributed by atoms with Gasteiger partial charge < -0.3 is 23.7 Å². The molecule has 1 aromatic heterocycles. The molecule has 9 heteroatoms. The average Bonchev–Trinajstić information content (AvgIpc) is 3.16. The molecule has 166 valence electrons. The number of nitrogens with one attached hydrogen (secondary N) is 1. The Bertz CT molecular complexity index is 1060. The Morgan fingerprint density at radius 1 is 0.968 bits per heavy atom. The zero-order valence-corrected chi connectivity index (χ0v) is 18.3. The number of ether oxygens (including phenoxy) is 5. The Kier molecular flexibility index (Phi) is 7.32. The van der Waals surface area contributed by atoms with Crippen LogP contribution in [0.4, 0.5) is 0 Å². The van der Waals surface area contributed by atoms with Crippen LogP contribution in [-0.2, 0) is 9.47 Å². The maximum Gasteiger partial charge on any atom is 0.348 e. The van der Waals surface area contributed by atoms with Gasteiger partial charge in [0.15, 0.2) is 19.4 Å². The first-order chi connectivity index (χ1) is 15.0. The minimum Gasteiger partial charge on any atom is -0.497 e. The van der Waals surface area contributed by atoms with E-state index >= 15 is 0 Å². The lowest BCUT2D eigenvalue weighted by Crippen LogP contribution is -2.16. The predicted octanol–water partition coefficient (Wildman–Crippen LogP) is 3.33. The summed E-state index contributed by atoms with van der Waals surface area (Å²) in [5.41, 5.74) is 1.81. The largest absolute Gasteiger partial charge is 0.497 e. The summed E-state index contributed by atoms with van der Waals surface area (Å²) in [5, 5.41) is 6.81. The molecule has 0 spiro atoms. The molecule has 3 aromatic rings. The molecule has 0 aliphatic heterocycles. The standard InChI is InChI=1S/C22H27N3O6/c1-14(2)17-10-18(20(31-13-28-4)11-19(17)30-12-27-3)21-23-24-22(26)25(21)15-6-8-16(29-5)9-7-15/h6-11,14H,12-13H2,1-5H3,(H,24,26). The molecule has 1 heterocycles. The molecule has 1 N–H and O–H groups in total. The predicted molar refractivity (Wildman–Crippen MR) is 115 cm³/mol. The molecule has 0 bridgehead atoms. The van der Waals surface area contributed by atoms with Gasteiger partial charge in [-0.1, -0.05) is 13.8 Å². The summed E-state index contributed by atoms with van der Waals surface area (Å²) < 4.78 is 28.4. The van der Waals surface area contributed by atoms with E-state index in [1.807, 2.05) is 6.07 Å². The summed E-state index contributed by atoms with van der Waals surface area (Å²) in [7, 11) is 4.68. The van der Waals surface area contributed by atoms with Crippen LogP contribution in [0.1, 0.15) is 25.3 Å². The fourth-order valence-electron chi connectivity index (χ4n) is 3.14. The van der Waals surface area contributed by atoms with E-state index in [0.29, 0.717) is 34.3 Å². The molecule has 2 aromatic carbocycles. The van der Waals surface area contributed by atoms with E-state index in [0.717, 1.165) is 5.56 Å². The van der Waals surface area contributed by atoms with Gasteiger partial charge in [-0.25, -0.2) is 14.5 Å². The van der Waals surface area contributed by atoms with Crippen LogP contribution in [0.5, 0.6) is 17.2 Å². The van der Waals surface area contributed by atoms with E-state index in [1.165, 1.54) is 11.7 Å². The van der Waals surface area contributed by atoms with Crippen LogP contribution in [0.2, 0.25) is 0 Å². The van der Waals surface area contributed by atoms with E-state index in [2.05, 4.69) is 24.0 Å². The number of benzene rings is 2. The summed E-state index contributed by atoms with van der Waals surface area (Å²) in [6, 6.07) is 10.8. The van der Waals surface area contributed by atoms with Crippen molar-refractivity contribution in [3.05, 3.63) is 52.4 Å². The van der Waals surface area contributed by atoms with Crippen LogP contribution in [-0.4, -0.2) is 49.7 Å². The summed E-state index contributed by atoms with van der Waals surface area (Å²) in [6.07, 6.45) is 0. The third-order valence-corrected chi connectivity index (χ3v) is 4.64. The topological polar surface area (TPSA) is 96.8 Å². The second-order valence-electron chi connectivity index (χ2n) is 7.03. The number of aromatic nitrogens is 3. The van der Waals surface area contributed by atoms with Crippen LogP contribution < -0.4 is 19.9 Å². The van der Waals surface area contributed by atoms with Gasteiger partial charge in [0.05, 0.1) is 18.4 Å². The molecule has 0 atom stereocenters. The van der Waals surface area contributed by atoms with Gasteiger partial charge in [0.2, 0.25) is 0 Å². The van der Waals surface area contributed by atoms with Gasteiger partial charge in [0, 0.05) is 20.3 Å². The second-order valence-corrected chi connectivity index (χ2v) is 7.03. The molecule has 0 saturated heterocycles. The molecular weight excluding hydrogens is 402 g/mol. The smallest absolute Gasteiger partial charge is 0.348 e. The van der Waals surface area contributed by atoms with Crippen LogP contribution in [0.3, 0.4) is 0 Å². The molecule has 0 aliphatic carbocycles. The first kappa shape index (κ1) is 22.4. The van der Waals surface area contributed by atoms with Crippen molar-refractivity contribution < 1.29 is 23.7 Å². The number of H-pyrrole nitrogens is 1. The highest BCUT2D eigenvalue weighted by Gasteiger charge is 2.21. The lowest BCUT2D eigenvalue weighted by molar-refractivity contribution is 0.0457. The quantitative estimate of drug-likeness (QED) is 0.494. The monoisotopic (exact) mass is 429 g/mol. The van der Waals surface area contributed by atoms with E-state index in [1.54, 1.807) is 44.6 Å². The normalized spacial score (nSPS) is 11.0. The van der Waals surface area contributed by atoms with Crippen molar-refractivity contribution in [3.8, 4) is 34.3 Å². The molecule has 31 heavy (non-hydrogen) atoms. The fourth-order valence-corrected chi connectivity index (χ4v) is 3.14. The maximum atomic E-state index is 12.6. The highest BCUT2D eigenvalue weighted by molar-refractivity contribution is 5.70. The number of aromatic amines is 1. The SMILES string of the molecule is COCOc1cc(OCOC)c(C(C)C)cc1-c1n[nH]c(=O)n1-c1ccc(OC)cc1. The lowest BCUT2D eigenvalue weighted by atomic mass is 9.98. The Morgan fingerprint density at radius 3 is 2.19 bits per heavy atom. The molecule has 0 unspecified atom stereocenters. The zero-order valence-electron chi connectivity index (χ0n) is 18.3. The molecular formula is C22H27N3O6. The molecule has 9 nitrogen and oxygen atoms in total. The van der Waals surface area contributed by atoms with Crippen LogP contribution >= 0.6 is 0 Å². The second kappa shape index (κ2) is 10.1. The summed E-state index contributed by atoms with van der Waals surface area (Å²) >= 11 is 0. The van der Waals surface area contributed by atoms with Crippen molar-refractivity contribution in [3.63, 3.8) is 0 Å². The molecule has 0 radical (unpaired) electrons. The van der Waals surface area contributed by atoms with E-state index in [4.69, 9.17) is 23.7 Å². The van der Waals surface area contributed by atoms with Crippen LogP contribution in [0.25, 0.3) is 17.1 Å². The molecule has 0 amide bonds. The Labute approximate surface area is 180 Å². The first-order valence-electron chi connectivity index (χ1n) is 9.73. The zero-order chi connectivity index (χ0) is 22.4. The van der Waals surface area contributed by atoms with Crippen molar-refractivity contribution in [2.75, 3.05) is 34.9 Å². The molecule has 0 fully saturated rings. The number of methoxy groups -OCH3 is 3. The van der Waals surface area contributed by atoms with Crippen molar-refractivity contribution in [1.82, 2.24) is 14.8 Å². The van der Waals surface area contributed by atoms with Gasteiger partial charge in [-0.15, -0.1) is 0 Å². The summed E-state index contributed by atoms with van der Waals surface area (Å²) in [4.78, 5) is 12.6. The molecule has 3 rings (SSSR count). The Balaban J connectivity index is 2.19. The summed E-state index contributed by atoms with van der Waals surface area (Å²) in [5.74, 6) is 2.32. The van der Waals surface area contributed by atoms with E-state index in [-0.39, 0.29) is 25.2 Å². The maximum absolute atomic E-state index is 12.6. The van der Waals surface area contributed by atoms with Crippen molar-refractivity contribution in [1.29, 1.82) is 0 Å². The number of nitrogens with zero attached hydrogens (tertiary/aromatic N) is 2. The number of hydrogen-bond acceptors (Lipinski definition) is 7. The Hall–Kier alpha value is -3.30. The van der Waals surface area contributed by atoms with Crippen molar-refractivity contribution in [2.45, 2.75) is 19.8 Å². The van der Waals surface area contributed by atoms with Gasteiger partial charge in [0.25, 0.3) is 0 Å². The van der Waals surface area contributed by atoms with Gasteiger partial charge >= 0.3 is 5.69 Å². The van der Waals surface area contributed by atoms with Crippen molar-refractivity contribution >= 4 is 0 Å². The summed E-state index contributed by atoms with van der Waals surface area (Å²) in [6.45, 7) is 4.22. The van der Waals surface area contributed by atoms with E-state index in [9.17, 15) is 4.79 Å². The number of rotatable bonds is 10. The minimum absolute atomic E-state index is 0.0228. The van der Waals surface area contributed by atoms with Crippen LogP contribution in [0.15, 0.2) is 41.2 Å². The van der Waals surface area contributed by atoms with Crippen LogP contribution in [0, 0.1) is 0 Å². The average molecular weight is 429 g/mol. The highest BCUT2D eigenvalue weighted by atomic mass is 16.7. The third-order valence-electron chi connectivity index (χ3n) is 4.64. The Morgan fingerprint density at radius 2 is 1.61 bits per heavy atom. The minimum atomic E-state index is -0.372. The van der Waals surface area contributed by atoms with Gasteiger partial charge in [-0.2, -0.15) is 5.10 Å².